The van der Waals surface area contributed by atoms with Gasteiger partial charge in [0.05, 0.1) is 33.1 Å². The fourth-order valence-corrected chi connectivity index (χ4v) is 5.32. The number of benzene rings is 2. The fraction of sp³-hybridized carbons (Fsp3) is 0.214. The zero-order valence-corrected chi connectivity index (χ0v) is 24.1. The third kappa shape index (κ3) is 5.77. The lowest BCUT2D eigenvalue weighted by atomic mass is 10.1. The van der Waals surface area contributed by atoms with Crippen LogP contribution in [0.3, 0.4) is 0 Å². The quantitative estimate of drug-likeness (QED) is 0.196. The van der Waals surface area contributed by atoms with Crippen LogP contribution in [0.5, 0.6) is 0 Å². The van der Waals surface area contributed by atoms with Gasteiger partial charge in [-0.05, 0) is 70.0 Å². The summed E-state index contributed by atoms with van der Waals surface area (Å²) >= 11 is 2.42. The molecule has 0 saturated carbocycles. The predicted molar refractivity (Wildman–Crippen MR) is 158 cm³/mol. The number of thiazole rings is 2. The van der Waals surface area contributed by atoms with Crippen molar-refractivity contribution >= 4 is 56.6 Å². The van der Waals surface area contributed by atoms with Crippen LogP contribution in [-0.4, -0.2) is 52.4 Å². The Bertz CT molecular complexity index is 1860. The lowest BCUT2D eigenvalue weighted by Gasteiger charge is -2.19. The molecule has 2 aromatic carbocycles. The van der Waals surface area contributed by atoms with Crippen molar-refractivity contribution in [2.24, 2.45) is 0 Å². The zero-order chi connectivity index (χ0) is 28.6. The first-order chi connectivity index (χ1) is 19.0. The number of hydrogen-bond donors (Lipinski definition) is 4. The molecule has 0 aliphatic heterocycles. The summed E-state index contributed by atoms with van der Waals surface area (Å²) in [7, 11) is 0. The van der Waals surface area contributed by atoms with Crippen molar-refractivity contribution in [3.8, 4) is 23.0 Å². The summed E-state index contributed by atoms with van der Waals surface area (Å²) in [6.45, 7) is 9.89. The van der Waals surface area contributed by atoms with E-state index in [1.165, 1.54) is 16.8 Å². The topological polar surface area (TPSA) is 150 Å². The van der Waals surface area contributed by atoms with Gasteiger partial charge >= 0.3 is 5.97 Å². The minimum atomic E-state index is -0.982. The van der Waals surface area contributed by atoms with Crippen molar-refractivity contribution < 1.29 is 14.7 Å². The van der Waals surface area contributed by atoms with E-state index in [4.69, 9.17) is 5.11 Å². The summed E-state index contributed by atoms with van der Waals surface area (Å²) in [6, 6.07) is 11.8. The van der Waals surface area contributed by atoms with Gasteiger partial charge in [0.2, 0.25) is 0 Å². The maximum Gasteiger partial charge on any atom is 0.348 e. The average Bonchev–Trinajstić information content (AvgIpc) is 3.67. The van der Waals surface area contributed by atoms with Crippen molar-refractivity contribution in [3.05, 3.63) is 68.3 Å². The Balaban J connectivity index is 0.000000164. The molecule has 4 N–H and O–H groups in total. The number of carboxylic acids is 1. The molecule has 6 rings (SSSR count). The zero-order valence-electron chi connectivity index (χ0n) is 22.5. The van der Waals surface area contributed by atoms with Crippen LogP contribution in [0.1, 0.15) is 51.2 Å². The Labute approximate surface area is 237 Å². The summed E-state index contributed by atoms with van der Waals surface area (Å²) in [5, 5.41) is 12.0. The largest absolute Gasteiger partial charge is 0.477 e. The van der Waals surface area contributed by atoms with E-state index in [0.717, 1.165) is 44.5 Å². The van der Waals surface area contributed by atoms with Crippen molar-refractivity contribution in [2.45, 2.75) is 40.2 Å². The number of aromatic carboxylic acids is 1. The Kier molecular flexibility index (Phi) is 7.21. The third-order valence-corrected chi connectivity index (χ3v) is 7.39. The third-order valence-electron chi connectivity index (χ3n) is 5.75. The summed E-state index contributed by atoms with van der Waals surface area (Å²) in [5.74, 6) is 0.0148. The molecule has 6 aromatic rings. The van der Waals surface area contributed by atoms with E-state index in [2.05, 4.69) is 35.2 Å². The van der Waals surface area contributed by atoms with Gasteiger partial charge in [-0.15, -0.1) is 22.7 Å². The minimum absolute atomic E-state index is 0.123. The number of aryl methyl sites for hydroxylation is 2. The monoisotopic (exact) mass is 573 g/mol. The number of hydrogen-bond acceptors (Lipinski definition) is 8. The second-order valence-corrected chi connectivity index (χ2v) is 12.0. The lowest BCUT2D eigenvalue weighted by molar-refractivity contribution is 0.0702. The van der Waals surface area contributed by atoms with Crippen LogP contribution >= 0.6 is 22.7 Å². The maximum atomic E-state index is 12.4. The number of nitrogens with zero attached hydrogens (tertiary/aromatic N) is 4. The Hall–Kier alpha value is -4.42. The van der Waals surface area contributed by atoms with Gasteiger partial charge in [-0.25, -0.2) is 24.7 Å². The van der Waals surface area contributed by atoms with Crippen LogP contribution in [0.2, 0.25) is 0 Å². The first kappa shape index (κ1) is 27.2. The molecule has 0 radical (unpaired) electrons. The van der Waals surface area contributed by atoms with Crippen molar-refractivity contribution in [1.29, 1.82) is 0 Å². The summed E-state index contributed by atoms with van der Waals surface area (Å²) < 4.78 is 0. The molecule has 12 heteroatoms. The number of carbonyl (C=O) groups is 2. The molecule has 0 aliphatic rings. The number of fused-ring (bicyclic) bond motifs is 2. The highest BCUT2D eigenvalue weighted by Gasteiger charge is 2.22. The van der Waals surface area contributed by atoms with E-state index in [0.29, 0.717) is 27.9 Å². The Morgan fingerprint density at radius 3 is 1.75 bits per heavy atom. The van der Waals surface area contributed by atoms with Gasteiger partial charge in [0.15, 0.2) is 11.6 Å². The molecular weight excluding hydrogens is 546 g/mol. The number of aromatic nitrogens is 6. The molecule has 0 bridgehead atoms. The molecule has 4 heterocycles. The summed E-state index contributed by atoms with van der Waals surface area (Å²) in [4.78, 5) is 47.9. The fourth-order valence-electron chi connectivity index (χ4n) is 4.01. The lowest BCUT2D eigenvalue weighted by Crippen LogP contribution is -2.40. The van der Waals surface area contributed by atoms with Crippen molar-refractivity contribution in [1.82, 2.24) is 35.2 Å². The molecule has 10 nitrogen and oxygen atoms in total. The number of rotatable bonds is 4. The highest BCUT2D eigenvalue weighted by Crippen LogP contribution is 2.27. The number of amides is 1. The Morgan fingerprint density at radius 2 is 1.27 bits per heavy atom. The number of nitrogens with one attached hydrogen (secondary N) is 3. The van der Waals surface area contributed by atoms with Crippen LogP contribution in [0, 0.1) is 13.8 Å². The standard InChI is InChI=1S/C16H18N4OS.C12H9N3O2S/c1-9-5-6-10-11(7-9)19-14(18-10)12-13(22-8-17-12)15(21)20-16(2,3)4;1-6-2-3-7-8(4-6)15-11(14-7)9-10(12(16)17)18-5-13-9/h5-8H,1-4H3,(H,18,19)(H,20,21);2-5H,1H3,(H,14,15)(H,16,17). The van der Waals surface area contributed by atoms with Gasteiger partial charge in [0.25, 0.3) is 5.91 Å². The first-order valence-electron chi connectivity index (χ1n) is 12.3. The van der Waals surface area contributed by atoms with E-state index in [1.54, 1.807) is 5.51 Å². The van der Waals surface area contributed by atoms with Crippen LogP contribution in [0.25, 0.3) is 45.1 Å². The molecule has 204 valence electrons. The van der Waals surface area contributed by atoms with Crippen LogP contribution in [0.15, 0.2) is 47.4 Å². The van der Waals surface area contributed by atoms with Gasteiger partial charge in [0, 0.05) is 5.54 Å². The normalized spacial score (nSPS) is 11.4. The highest BCUT2D eigenvalue weighted by molar-refractivity contribution is 7.12. The molecule has 0 fully saturated rings. The number of carbonyl (C=O) groups excluding carboxylic acids is 1. The second-order valence-electron chi connectivity index (χ2n) is 10.3. The molecule has 4 aromatic heterocycles. The van der Waals surface area contributed by atoms with Gasteiger partial charge in [-0.1, -0.05) is 12.1 Å². The van der Waals surface area contributed by atoms with E-state index < -0.39 is 5.97 Å². The molecule has 0 atom stereocenters. The first-order valence-corrected chi connectivity index (χ1v) is 14.1. The average molecular weight is 574 g/mol. The molecule has 40 heavy (non-hydrogen) atoms. The number of aromatic amines is 2. The second kappa shape index (κ2) is 10.6. The SMILES string of the molecule is Cc1ccc2nc(-c3ncsc3C(=O)NC(C)(C)C)[nH]c2c1.Cc1ccc2nc(-c3ncsc3C(=O)O)[nH]c2c1. The van der Waals surface area contributed by atoms with E-state index in [1.807, 2.05) is 71.0 Å². The summed E-state index contributed by atoms with van der Waals surface area (Å²) in [5.41, 5.74) is 9.67. The molecule has 0 aliphatic carbocycles. The number of carboxylic acid groups (broad SMARTS) is 1. The van der Waals surface area contributed by atoms with Crippen LogP contribution in [0.4, 0.5) is 0 Å². The van der Waals surface area contributed by atoms with Gasteiger partial charge in [0.1, 0.15) is 21.1 Å². The van der Waals surface area contributed by atoms with Crippen LogP contribution in [-0.2, 0) is 0 Å². The van der Waals surface area contributed by atoms with Crippen molar-refractivity contribution in [3.63, 3.8) is 0 Å². The Morgan fingerprint density at radius 1 is 0.800 bits per heavy atom. The van der Waals surface area contributed by atoms with E-state index >= 15 is 0 Å². The molecule has 1 amide bonds. The maximum absolute atomic E-state index is 12.4. The summed E-state index contributed by atoms with van der Waals surface area (Å²) in [6.07, 6.45) is 0. The highest BCUT2D eigenvalue weighted by atomic mass is 32.1. The smallest absolute Gasteiger partial charge is 0.348 e. The molecular formula is C28H27N7O3S2. The molecule has 0 unspecified atom stereocenters. The molecule has 0 spiro atoms. The van der Waals surface area contributed by atoms with Gasteiger partial charge in [-0.3, -0.25) is 4.79 Å². The van der Waals surface area contributed by atoms with Gasteiger partial charge in [-0.2, -0.15) is 0 Å². The van der Waals surface area contributed by atoms with Crippen LogP contribution < -0.4 is 5.32 Å². The van der Waals surface area contributed by atoms with Crippen molar-refractivity contribution in [2.75, 3.05) is 0 Å². The van der Waals surface area contributed by atoms with E-state index in [-0.39, 0.29) is 16.3 Å². The minimum Gasteiger partial charge on any atom is -0.477 e. The number of H-pyrrole nitrogens is 2. The molecule has 0 saturated heterocycles. The van der Waals surface area contributed by atoms with E-state index in [9.17, 15) is 9.59 Å². The number of imidazole rings is 2. The predicted octanol–water partition coefficient (Wildman–Crippen LogP) is 6.22. The van der Waals surface area contributed by atoms with Gasteiger partial charge < -0.3 is 20.4 Å².